The predicted octanol–water partition coefficient (Wildman–Crippen LogP) is 3.24. The molecule has 15 heavy (non-hydrogen) atoms. The molecule has 2 nitrogen and oxygen atoms in total. The molecule has 0 amide bonds. The van der Waals surface area contributed by atoms with Crippen LogP contribution in [-0.2, 0) is 4.74 Å². The summed E-state index contributed by atoms with van der Waals surface area (Å²) in [4.78, 5) is 0. The van der Waals surface area contributed by atoms with Crippen molar-refractivity contribution in [1.29, 1.82) is 0 Å². The van der Waals surface area contributed by atoms with Crippen LogP contribution in [0.3, 0.4) is 0 Å². The number of benzene rings is 1. The van der Waals surface area contributed by atoms with Crippen LogP contribution >= 0.6 is 22.6 Å². The van der Waals surface area contributed by atoms with Gasteiger partial charge in [0.2, 0.25) is 0 Å². The van der Waals surface area contributed by atoms with E-state index < -0.39 is 0 Å². The van der Waals surface area contributed by atoms with Crippen molar-refractivity contribution in [1.82, 2.24) is 0 Å². The summed E-state index contributed by atoms with van der Waals surface area (Å²) in [6, 6.07) is 8.10. The standard InChI is InChI=1S/C12H15IO2/c1-9-2-5-12(15-9)8-14-11-6-3-10(13)4-7-11/h3-4,6-7,9,12H,2,5,8H2,1H3. The summed E-state index contributed by atoms with van der Waals surface area (Å²) in [6.07, 6.45) is 2.95. The highest BCUT2D eigenvalue weighted by atomic mass is 127. The summed E-state index contributed by atoms with van der Waals surface area (Å²) in [6.45, 7) is 2.79. The Morgan fingerprint density at radius 1 is 1.33 bits per heavy atom. The quantitative estimate of drug-likeness (QED) is 0.797. The van der Waals surface area contributed by atoms with Crippen LogP contribution in [0.25, 0.3) is 0 Å². The van der Waals surface area contributed by atoms with Crippen LogP contribution in [0.2, 0.25) is 0 Å². The minimum absolute atomic E-state index is 0.277. The summed E-state index contributed by atoms with van der Waals surface area (Å²) in [5.41, 5.74) is 0. The number of rotatable bonds is 3. The molecule has 1 fully saturated rings. The molecule has 0 spiro atoms. The molecule has 1 aliphatic rings. The van der Waals surface area contributed by atoms with Crippen LogP contribution in [0.4, 0.5) is 0 Å². The number of halogens is 1. The van der Waals surface area contributed by atoms with E-state index in [2.05, 4.69) is 29.5 Å². The molecule has 0 aliphatic carbocycles. The van der Waals surface area contributed by atoms with Gasteiger partial charge in [0, 0.05) is 3.57 Å². The summed E-state index contributed by atoms with van der Waals surface area (Å²) < 4.78 is 12.6. The Kier molecular flexibility index (Phi) is 3.86. The van der Waals surface area contributed by atoms with Gasteiger partial charge in [-0.2, -0.15) is 0 Å². The van der Waals surface area contributed by atoms with Gasteiger partial charge < -0.3 is 9.47 Å². The topological polar surface area (TPSA) is 18.5 Å². The third-order valence-electron chi connectivity index (χ3n) is 2.57. The second-order valence-corrected chi connectivity index (χ2v) is 5.16. The SMILES string of the molecule is CC1CCC(COc2ccc(I)cc2)O1. The van der Waals surface area contributed by atoms with Gasteiger partial charge >= 0.3 is 0 Å². The van der Waals surface area contributed by atoms with Gasteiger partial charge in [-0.15, -0.1) is 0 Å². The van der Waals surface area contributed by atoms with Gasteiger partial charge in [0.1, 0.15) is 12.4 Å². The van der Waals surface area contributed by atoms with Crippen LogP contribution in [-0.4, -0.2) is 18.8 Å². The van der Waals surface area contributed by atoms with Gasteiger partial charge in [-0.3, -0.25) is 0 Å². The van der Waals surface area contributed by atoms with Gasteiger partial charge in [0.05, 0.1) is 12.2 Å². The highest BCUT2D eigenvalue weighted by molar-refractivity contribution is 14.1. The van der Waals surface area contributed by atoms with Gasteiger partial charge in [0.15, 0.2) is 0 Å². The summed E-state index contributed by atoms with van der Waals surface area (Å²) in [7, 11) is 0. The largest absolute Gasteiger partial charge is 0.491 e. The van der Waals surface area contributed by atoms with Crippen molar-refractivity contribution in [2.24, 2.45) is 0 Å². The Labute approximate surface area is 104 Å². The smallest absolute Gasteiger partial charge is 0.119 e. The molecular weight excluding hydrogens is 303 g/mol. The molecule has 2 unspecified atom stereocenters. The van der Waals surface area contributed by atoms with Gasteiger partial charge in [-0.1, -0.05) is 0 Å². The average molecular weight is 318 g/mol. The van der Waals surface area contributed by atoms with E-state index in [1.54, 1.807) is 0 Å². The van der Waals surface area contributed by atoms with Crippen molar-refractivity contribution < 1.29 is 9.47 Å². The molecule has 0 saturated carbocycles. The molecule has 2 rings (SSSR count). The molecule has 1 aromatic rings. The van der Waals surface area contributed by atoms with Crippen molar-refractivity contribution in [3.8, 4) is 5.75 Å². The van der Waals surface area contributed by atoms with E-state index in [0.29, 0.717) is 12.7 Å². The monoisotopic (exact) mass is 318 g/mol. The lowest BCUT2D eigenvalue weighted by Gasteiger charge is -2.12. The van der Waals surface area contributed by atoms with E-state index in [1.807, 2.05) is 24.3 Å². The van der Waals surface area contributed by atoms with E-state index in [9.17, 15) is 0 Å². The Hall–Kier alpha value is -0.290. The Balaban J connectivity index is 1.80. The Morgan fingerprint density at radius 3 is 2.67 bits per heavy atom. The predicted molar refractivity (Wildman–Crippen MR) is 68.2 cm³/mol. The second kappa shape index (κ2) is 5.16. The lowest BCUT2D eigenvalue weighted by atomic mass is 10.2. The zero-order valence-electron chi connectivity index (χ0n) is 8.78. The lowest BCUT2D eigenvalue weighted by Crippen LogP contribution is -2.17. The first-order chi connectivity index (χ1) is 7.24. The normalized spacial score (nSPS) is 25.5. The first kappa shape index (κ1) is 11.2. The molecule has 1 aliphatic heterocycles. The van der Waals surface area contributed by atoms with E-state index >= 15 is 0 Å². The zero-order chi connectivity index (χ0) is 10.7. The lowest BCUT2D eigenvalue weighted by molar-refractivity contribution is 0.0264. The Morgan fingerprint density at radius 2 is 2.07 bits per heavy atom. The first-order valence-electron chi connectivity index (χ1n) is 5.28. The van der Waals surface area contributed by atoms with E-state index in [1.165, 1.54) is 3.57 Å². The minimum atomic E-state index is 0.277. The fourth-order valence-corrected chi connectivity index (χ4v) is 2.09. The van der Waals surface area contributed by atoms with E-state index in [4.69, 9.17) is 9.47 Å². The van der Waals surface area contributed by atoms with Crippen molar-refractivity contribution in [3.63, 3.8) is 0 Å². The van der Waals surface area contributed by atoms with Gasteiger partial charge in [-0.25, -0.2) is 0 Å². The fourth-order valence-electron chi connectivity index (χ4n) is 1.73. The maximum absolute atomic E-state index is 5.68. The Bertz CT molecular complexity index is 310. The highest BCUT2D eigenvalue weighted by Gasteiger charge is 2.21. The molecule has 82 valence electrons. The molecule has 2 atom stereocenters. The number of ether oxygens (including phenoxy) is 2. The molecule has 0 radical (unpaired) electrons. The summed E-state index contributed by atoms with van der Waals surface area (Å²) in [5.74, 6) is 0.929. The molecule has 1 aromatic carbocycles. The second-order valence-electron chi connectivity index (χ2n) is 3.91. The fraction of sp³-hybridized carbons (Fsp3) is 0.500. The van der Waals surface area contributed by atoms with Crippen LogP contribution in [0.15, 0.2) is 24.3 Å². The molecule has 0 aromatic heterocycles. The molecular formula is C12H15IO2. The van der Waals surface area contributed by atoms with Crippen molar-refractivity contribution >= 4 is 22.6 Å². The van der Waals surface area contributed by atoms with Crippen LogP contribution in [0, 0.1) is 3.57 Å². The van der Waals surface area contributed by atoms with Gasteiger partial charge in [0.25, 0.3) is 0 Å². The van der Waals surface area contributed by atoms with Crippen LogP contribution in [0.1, 0.15) is 19.8 Å². The third kappa shape index (κ3) is 3.34. The first-order valence-corrected chi connectivity index (χ1v) is 6.36. The van der Waals surface area contributed by atoms with Crippen molar-refractivity contribution in [3.05, 3.63) is 27.8 Å². The molecule has 0 bridgehead atoms. The molecule has 0 N–H and O–H groups in total. The third-order valence-corrected chi connectivity index (χ3v) is 3.29. The molecule has 1 heterocycles. The molecule has 3 heteroatoms. The van der Waals surface area contributed by atoms with Crippen LogP contribution < -0.4 is 4.74 Å². The maximum Gasteiger partial charge on any atom is 0.119 e. The van der Waals surface area contributed by atoms with Crippen molar-refractivity contribution in [2.45, 2.75) is 32.0 Å². The van der Waals surface area contributed by atoms with E-state index in [0.717, 1.165) is 18.6 Å². The van der Waals surface area contributed by atoms with Gasteiger partial charge in [-0.05, 0) is 66.6 Å². The maximum atomic E-state index is 5.68. The summed E-state index contributed by atoms with van der Waals surface area (Å²) in [5, 5.41) is 0. The number of hydrogen-bond acceptors (Lipinski definition) is 2. The molecule has 1 saturated heterocycles. The summed E-state index contributed by atoms with van der Waals surface area (Å²) >= 11 is 2.29. The highest BCUT2D eigenvalue weighted by Crippen LogP contribution is 2.20. The average Bonchev–Trinajstić information content (AvgIpc) is 2.64. The number of hydrogen-bond donors (Lipinski definition) is 0. The van der Waals surface area contributed by atoms with Crippen LogP contribution in [0.5, 0.6) is 5.75 Å². The minimum Gasteiger partial charge on any atom is -0.491 e. The zero-order valence-corrected chi connectivity index (χ0v) is 10.9. The van der Waals surface area contributed by atoms with E-state index in [-0.39, 0.29) is 6.10 Å². The van der Waals surface area contributed by atoms with Crippen molar-refractivity contribution in [2.75, 3.05) is 6.61 Å².